The largest absolute Gasteiger partial charge is 0.451 e. The minimum Gasteiger partial charge on any atom is -0.451 e. The molecule has 4 aromatic heterocycles. The van der Waals surface area contributed by atoms with E-state index in [0.717, 1.165) is 73.5 Å². The molecule has 12 rings (SSSR count). The van der Waals surface area contributed by atoms with E-state index in [0.29, 0.717) is 11.5 Å². The van der Waals surface area contributed by atoms with Crippen LogP contribution in [-0.4, -0.2) is 19.1 Å². The SMILES string of the molecule is C1=Cc2c(n(-c3ccccc3)c3cc4c(cc23)c2ccccc2n4-c2nc(-c3ccccc3)c3oc4c5ccccc5c(-c5ccccc5)cc4c3n2)CC1. The van der Waals surface area contributed by atoms with Crippen LogP contribution in [0.15, 0.2) is 168 Å². The second kappa shape index (κ2) is 11.6. The first-order chi connectivity index (χ1) is 27.3. The highest BCUT2D eigenvalue weighted by atomic mass is 16.3. The van der Waals surface area contributed by atoms with Gasteiger partial charge in [-0.2, -0.15) is 0 Å². The van der Waals surface area contributed by atoms with Crippen molar-refractivity contribution in [3.8, 4) is 34.0 Å². The summed E-state index contributed by atoms with van der Waals surface area (Å²) < 4.78 is 11.6. The molecule has 5 nitrogen and oxygen atoms in total. The molecule has 0 fully saturated rings. The molecule has 0 radical (unpaired) electrons. The molecule has 5 heteroatoms. The van der Waals surface area contributed by atoms with Crippen LogP contribution in [-0.2, 0) is 6.42 Å². The molecule has 0 atom stereocenters. The van der Waals surface area contributed by atoms with E-state index in [-0.39, 0.29) is 0 Å². The lowest BCUT2D eigenvalue weighted by atomic mass is 9.96. The van der Waals surface area contributed by atoms with E-state index in [9.17, 15) is 0 Å². The van der Waals surface area contributed by atoms with Crippen LogP contribution < -0.4 is 0 Å². The van der Waals surface area contributed by atoms with Crippen molar-refractivity contribution in [2.24, 2.45) is 0 Å². The second-order valence-corrected chi connectivity index (χ2v) is 14.4. The van der Waals surface area contributed by atoms with Crippen LogP contribution in [0.1, 0.15) is 17.7 Å². The van der Waals surface area contributed by atoms with Crippen LogP contribution in [0, 0.1) is 0 Å². The average molecular weight is 705 g/mol. The van der Waals surface area contributed by atoms with Gasteiger partial charge in [-0.1, -0.05) is 133 Å². The maximum Gasteiger partial charge on any atom is 0.236 e. The van der Waals surface area contributed by atoms with Gasteiger partial charge < -0.3 is 8.98 Å². The molecule has 0 spiro atoms. The molecule has 11 aromatic rings. The van der Waals surface area contributed by atoms with Crippen LogP contribution in [0.3, 0.4) is 0 Å². The first-order valence-electron chi connectivity index (χ1n) is 18.9. The van der Waals surface area contributed by atoms with E-state index in [1.165, 1.54) is 38.6 Å². The monoisotopic (exact) mass is 704 g/mol. The highest BCUT2D eigenvalue weighted by Gasteiger charge is 2.25. The van der Waals surface area contributed by atoms with Gasteiger partial charge in [-0.15, -0.1) is 0 Å². The van der Waals surface area contributed by atoms with E-state index < -0.39 is 0 Å². The zero-order chi connectivity index (χ0) is 36.0. The number of fused-ring (bicyclic) bond motifs is 11. The molecule has 1 aliphatic carbocycles. The Hall–Kier alpha value is -7.24. The fraction of sp³-hybridized carbons (Fsp3) is 0.0400. The summed E-state index contributed by atoms with van der Waals surface area (Å²) >= 11 is 0. The summed E-state index contributed by atoms with van der Waals surface area (Å²) in [7, 11) is 0. The molecule has 0 aliphatic heterocycles. The van der Waals surface area contributed by atoms with E-state index in [2.05, 4.69) is 173 Å². The normalized spacial score (nSPS) is 12.9. The van der Waals surface area contributed by atoms with E-state index in [1.54, 1.807) is 0 Å². The molecule has 1 aliphatic rings. The number of hydrogen-bond acceptors (Lipinski definition) is 3. The molecule has 0 N–H and O–H groups in total. The molecular formula is C50H32N4O. The van der Waals surface area contributed by atoms with Crippen molar-refractivity contribution in [2.75, 3.05) is 0 Å². The Bertz CT molecular complexity index is 3350. The molecule has 7 aromatic carbocycles. The quantitative estimate of drug-likeness (QED) is 0.183. The van der Waals surface area contributed by atoms with Gasteiger partial charge in [0.1, 0.15) is 16.8 Å². The van der Waals surface area contributed by atoms with Gasteiger partial charge in [0.2, 0.25) is 5.95 Å². The summed E-state index contributed by atoms with van der Waals surface area (Å²) in [6.07, 6.45) is 6.64. The molecule has 0 bridgehead atoms. The third-order valence-electron chi connectivity index (χ3n) is 11.4. The van der Waals surface area contributed by atoms with Crippen LogP contribution >= 0.6 is 0 Å². The molecule has 0 unspecified atom stereocenters. The van der Waals surface area contributed by atoms with Gasteiger partial charge in [0, 0.05) is 49.4 Å². The van der Waals surface area contributed by atoms with Crippen LogP contribution in [0.4, 0.5) is 0 Å². The summed E-state index contributed by atoms with van der Waals surface area (Å²) in [6.45, 7) is 0. The number of rotatable bonds is 4. The van der Waals surface area contributed by atoms with Gasteiger partial charge in [0.05, 0.1) is 16.6 Å². The summed E-state index contributed by atoms with van der Waals surface area (Å²) in [4.78, 5) is 10.9. The number of para-hydroxylation sites is 2. The van der Waals surface area contributed by atoms with Crippen molar-refractivity contribution >= 4 is 71.6 Å². The fourth-order valence-corrected chi connectivity index (χ4v) is 8.97. The first-order valence-corrected chi connectivity index (χ1v) is 18.9. The summed E-state index contributed by atoms with van der Waals surface area (Å²) in [6, 6.07) is 55.8. The zero-order valence-electron chi connectivity index (χ0n) is 29.8. The minimum atomic E-state index is 0.608. The Kier molecular flexibility index (Phi) is 6.39. The number of hydrogen-bond donors (Lipinski definition) is 0. The Morgan fingerprint density at radius 2 is 1.16 bits per heavy atom. The van der Waals surface area contributed by atoms with Crippen molar-refractivity contribution in [1.82, 2.24) is 19.1 Å². The van der Waals surface area contributed by atoms with Crippen LogP contribution in [0.2, 0.25) is 0 Å². The first kappa shape index (κ1) is 30.2. The summed E-state index contributed by atoms with van der Waals surface area (Å²) in [5.74, 6) is 0.608. The van der Waals surface area contributed by atoms with E-state index in [1.807, 2.05) is 6.07 Å². The van der Waals surface area contributed by atoms with Crippen molar-refractivity contribution in [3.63, 3.8) is 0 Å². The van der Waals surface area contributed by atoms with E-state index >= 15 is 0 Å². The number of furan rings is 1. The zero-order valence-corrected chi connectivity index (χ0v) is 29.8. The maximum atomic E-state index is 6.91. The van der Waals surface area contributed by atoms with Gasteiger partial charge in [0.15, 0.2) is 5.58 Å². The van der Waals surface area contributed by atoms with Gasteiger partial charge in [-0.25, -0.2) is 9.97 Å². The van der Waals surface area contributed by atoms with Crippen molar-refractivity contribution < 1.29 is 4.42 Å². The molecule has 4 heterocycles. The number of nitrogens with zero attached hydrogens (tertiary/aromatic N) is 4. The smallest absolute Gasteiger partial charge is 0.236 e. The predicted octanol–water partition coefficient (Wildman–Crippen LogP) is 12.9. The third-order valence-corrected chi connectivity index (χ3v) is 11.4. The van der Waals surface area contributed by atoms with E-state index in [4.69, 9.17) is 14.4 Å². The Balaban J connectivity index is 1.22. The minimum absolute atomic E-state index is 0.608. The number of allylic oxidation sites excluding steroid dienone is 1. The van der Waals surface area contributed by atoms with Gasteiger partial charge in [-0.3, -0.25) is 4.57 Å². The number of benzene rings is 7. The lowest BCUT2D eigenvalue weighted by Gasteiger charge is -2.13. The van der Waals surface area contributed by atoms with Gasteiger partial charge in [-0.05, 0) is 65.8 Å². The average Bonchev–Trinajstić information content (AvgIpc) is 3.90. The Morgan fingerprint density at radius 3 is 1.96 bits per heavy atom. The lowest BCUT2D eigenvalue weighted by Crippen LogP contribution is -2.04. The van der Waals surface area contributed by atoms with Crippen LogP contribution in [0.5, 0.6) is 0 Å². The summed E-state index contributed by atoms with van der Waals surface area (Å²) in [5.41, 5.74) is 13.4. The van der Waals surface area contributed by atoms with Gasteiger partial charge >= 0.3 is 0 Å². The summed E-state index contributed by atoms with van der Waals surface area (Å²) in [5, 5.41) is 6.76. The van der Waals surface area contributed by atoms with Crippen molar-refractivity contribution in [3.05, 3.63) is 175 Å². The predicted molar refractivity (Wildman–Crippen MR) is 226 cm³/mol. The maximum absolute atomic E-state index is 6.91. The highest BCUT2D eigenvalue weighted by molar-refractivity contribution is 6.20. The molecule has 0 amide bonds. The molecule has 258 valence electrons. The number of aromatic nitrogens is 4. The van der Waals surface area contributed by atoms with Crippen molar-refractivity contribution in [1.29, 1.82) is 0 Å². The fourth-order valence-electron chi connectivity index (χ4n) is 8.97. The van der Waals surface area contributed by atoms with Gasteiger partial charge in [0.25, 0.3) is 0 Å². The van der Waals surface area contributed by atoms with Crippen LogP contribution in [0.25, 0.3) is 106 Å². The lowest BCUT2D eigenvalue weighted by molar-refractivity contribution is 0.670. The molecular weight excluding hydrogens is 673 g/mol. The molecule has 55 heavy (non-hydrogen) atoms. The highest BCUT2D eigenvalue weighted by Crippen LogP contribution is 2.44. The standard InChI is InChI=1S/C50H32N4O/c1-4-16-31(17-5-1)38-28-41-47-49(55-48(41)37-25-11-10-22-34(37)38)46(32-18-6-2-7-19-32)51-50(52-47)54-43-27-15-13-24-36(43)40-29-39-35-23-12-14-26-42(35)53(44(39)30-45(40)54)33-20-8-3-9-21-33/h1-13,15-25,27-30H,14,26H2. The second-order valence-electron chi connectivity index (χ2n) is 14.4. The molecule has 0 saturated heterocycles. The Morgan fingerprint density at radius 1 is 0.491 bits per heavy atom. The topological polar surface area (TPSA) is 48.8 Å². The Labute approximate surface area is 316 Å². The third kappa shape index (κ3) is 4.41. The molecule has 0 saturated carbocycles. The van der Waals surface area contributed by atoms with Crippen molar-refractivity contribution in [2.45, 2.75) is 12.8 Å².